The summed E-state index contributed by atoms with van der Waals surface area (Å²) in [7, 11) is 0. The van der Waals surface area contributed by atoms with Crippen molar-refractivity contribution in [2.24, 2.45) is 0 Å². The molecule has 0 bridgehead atoms. The fraction of sp³-hybridized carbons (Fsp3) is 0.286. The van der Waals surface area contributed by atoms with E-state index in [1.165, 1.54) is 0 Å². The Labute approximate surface area is 232 Å². The van der Waals surface area contributed by atoms with E-state index in [4.69, 9.17) is 66.1 Å². The van der Waals surface area contributed by atoms with Crippen molar-refractivity contribution in [3.05, 3.63) is 35.5 Å². The van der Waals surface area contributed by atoms with Gasteiger partial charge in [-0.25, -0.2) is 28.8 Å². The fourth-order valence-corrected chi connectivity index (χ4v) is 1.70. The summed E-state index contributed by atoms with van der Waals surface area (Å²) in [6, 6.07) is 0. The molecule has 0 fully saturated rings. The van der Waals surface area contributed by atoms with Crippen LogP contribution in [0.25, 0.3) is 0 Å². The van der Waals surface area contributed by atoms with Crippen LogP contribution in [0.1, 0.15) is 19.3 Å². The number of rotatable bonds is 14. The predicted molar refractivity (Wildman–Crippen MR) is 127 cm³/mol. The maximum atomic E-state index is 10.2. The molecule has 0 aromatic rings. The van der Waals surface area contributed by atoms with Crippen molar-refractivity contribution in [3.63, 3.8) is 0 Å². The van der Waals surface area contributed by atoms with E-state index >= 15 is 0 Å². The highest BCUT2D eigenvalue weighted by Crippen LogP contribution is 2.09. The normalized spacial score (nSPS) is 11.9. The van der Waals surface area contributed by atoms with Gasteiger partial charge in [-0.15, -0.1) is 0 Å². The summed E-state index contributed by atoms with van der Waals surface area (Å²) < 4.78 is 0. The maximum absolute atomic E-state index is 10.2. The Hall–Kier alpha value is -5.67. The van der Waals surface area contributed by atoms with Gasteiger partial charge in [0, 0.05) is 18.2 Å². The molecule has 21 nitrogen and oxygen atoms in total. The second kappa shape index (κ2) is 24.4. The molecule has 0 amide bonds. The van der Waals surface area contributed by atoms with E-state index in [0.29, 0.717) is 12.2 Å². The minimum Gasteiger partial charge on any atom is -0.481 e. The molecular formula is C21H26O21. The van der Waals surface area contributed by atoms with Gasteiger partial charge in [0.05, 0.1) is 19.3 Å². The Bertz CT molecular complexity index is 1020. The molecule has 0 radical (unpaired) electrons. The van der Waals surface area contributed by atoms with Gasteiger partial charge in [0.25, 0.3) is 0 Å². The van der Waals surface area contributed by atoms with Crippen molar-refractivity contribution in [1.29, 1.82) is 0 Å². The van der Waals surface area contributed by atoms with E-state index < -0.39 is 96.5 Å². The van der Waals surface area contributed by atoms with E-state index in [1.54, 1.807) is 0 Å². The van der Waals surface area contributed by atoms with Crippen molar-refractivity contribution >= 4 is 53.7 Å². The molecule has 42 heavy (non-hydrogen) atoms. The molecule has 21 heteroatoms. The zero-order valence-corrected chi connectivity index (χ0v) is 20.8. The summed E-state index contributed by atoms with van der Waals surface area (Å²) in [5.74, 6) is -12.6. The lowest BCUT2D eigenvalue weighted by Gasteiger charge is -2.07. The van der Waals surface area contributed by atoms with Gasteiger partial charge in [-0.3, -0.25) is 14.4 Å². The number of hydrogen-bond donors (Lipinski definition) is 12. The number of carboxylic acid groups (broad SMARTS) is 9. The molecule has 0 heterocycles. The molecule has 0 rings (SSSR count). The third-order valence-corrected chi connectivity index (χ3v) is 3.19. The van der Waals surface area contributed by atoms with E-state index in [1.807, 2.05) is 0 Å². The highest BCUT2D eigenvalue weighted by atomic mass is 16.4. The molecule has 12 N–H and O–H groups in total. The van der Waals surface area contributed by atoms with Gasteiger partial charge in [-0.05, 0) is 11.1 Å². The lowest BCUT2D eigenvalue weighted by molar-refractivity contribution is -0.146. The van der Waals surface area contributed by atoms with Crippen LogP contribution in [0.2, 0.25) is 0 Å². The molecule has 0 unspecified atom stereocenters. The van der Waals surface area contributed by atoms with E-state index in [9.17, 15) is 38.4 Å². The first-order valence-corrected chi connectivity index (χ1v) is 10.1. The molecule has 0 aliphatic carbocycles. The minimum absolute atomic E-state index is 0.244. The lowest BCUT2D eigenvalue weighted by atomic mass is 10.1. The van der Waals surface area contributed by atoms with Crippen LogP contribution in [0.4, 0.5) is 0 Å². The Balaban J connectivity index is -0.000000243. The van der Waals surface area contributed by atoms with Gasteiger partial charge in [-0.2, -0.15) is 0 Å². The number of aliphatic hydroxyl groups is 3. The van der Waals surface area contributed by atoms with Crippen LogP contribution in [0.15, 0.2) is 35.5 Å². The summed E-state index contributed by atoms with van der Waals surface area (Å²) in [4.78, 5) is 89.7. The molecule has 0 saturated carbocycles. The van der Waals surface area contributed by atoms with E-state index in [-0.39, 0.29) is 6.42 Å². The molecule has 236 valence electrons. The number of carbonyl (C=O) groups is 9. The molecule has 2 atom stereocenters. The highest BCUT2D eigenvalue weighted by molar-refractivity contribution is 5.87. The number of aliphatic carboxylic acids is 9. The minimum atomic E-state index is -2.11. The summed E-state index contributed by atoms with van der Waals surface area (Å²) in [6.45, 7) is -0.778. The van der Waals surface area contributed by atoms with Gasteiger partial charge in [0.1, 0.15) is 6.61 Å². The van der Waals surface area contributed by atoms with Crippen LogP contribution in [0, 0.1) is 0 Å². The first-order valence-electron chi connectivity index (χ1n) is 10.1. The van der Waals surface area contributed by atoms with Crippen LogP contribution < -0.4 is 0 Å². The summed E-state index contributed by atoms with van der Waals surface area (Å²) in [6.07, 6.45) is -3.52. The first-order chi connectivity index (χ1) is 19.1. The van der Waals surface area contributed by atoms with Gasteiger partial charge in [-0.1, -0.05) is 6.08 Å². The summed E-state index contributed by atoms with van der Waals surface area (Å²) in [5.41, 5.74) is -1.17. The van der Waals surface area contributed by atoms with E-state index in [0.717, 1.165) is 12.2 Å². The van der Waals surface area contributed by atoms with Crippen molar-refractivity contribution in [3.8, 4) is 0 Å². The average Bonchev–Trinajstić information content (AvgIpc) is 2.81. The molecule has 0 saturated heterocycles. The number of hydrogen-bond acceptors (Lipinski definition) is 12. The Morgan fingerprint density at radius 1 is 0.500 bits per heavy atom. The summed E-state index contributed by atoms with van der Waals surface area (Å²) in [5, 5.41) is 98.4. The SMILES string of the molecule is O=C(O)/C=C(\CC(=O)O)[C@@H](O)C(=O)O.O=C(O)/C=C(\CC(=O)O)[C@H](O)C(=O)O.O=C(O)/C=C\CC(=O)O.O=C(O)CO. The molecular weight excluding hydrogens is 588 g/mol. The highest BCUT2D eigenvalue weighted by Gasteiger charge is 2.22. The van der Waals surface area contributed by atoms with Crippen LogP contribution in [-0.4, -0.2) is 134 Å². The fourth-order valence-electron chi connectivity index (χ4n) is 1.70. The van der Waals surface area contributed by atoms with Crippen LogP contribution in [0.3, 0.4) is 0 Å². The quantitative estimate of drug-likeness (QED) is 0.0867. The second-order valence-electron chi connectivity index (χ2n) is 6.63. The van der Waals surface area contributed by atoms with Crippen molar-refractivity contribution in [1.82, 2.24) is 0 Å². The van der Waals surface area contributed by atoms with Crippen molar-refractivity contribution in [2.75, 3.05) is 6.61 Å². The molecule has 0 aliphatic rings. The molecule has 0 aromatic carbocycles. The lowest BCUT2D eigenvalue weighted by Crippen LogP contribution is -2.24. The van der Waals surface area contributed by atoms with Gasteiger partial charge < -0.3 is 61.3 Å². The largest absolute Gasteiger partial charge is 0.481 e. The predicted octanol–water partition coefficient (Wildman–Crippen LogP) is -3.00. The summed E-state index contributed by atoms with van der Waals surface area (Å²) >= 11 is 0. The van der Waals surface area contributed by atoms with Gasteiger partial charge in [0.15, 0.2) is 12.2 Å². The van der Waals surface area contributed by atoms with Gasteiger partial charge >= 0.3 is 53.7 Å². The number of carboxylic acids is 9. The van der Waals surface area contributed by atoms with Gasteiger partial charge in [0.2, 0.25) is 0 Å². The Morgan fingerprint density at radius 3 is 0.976 bits per heavy atom. The Kier molecular flexibility index (Phi) is 25.2. The van der Waals surface area contributed by atoms with Crippen LogP contribution in [-0.2, 0) is 43.2 Å². The zero-order valence-electron chi connectivity index (χ0n) is 20.8. The second-order valence-corrected chi connectivity index (χ2v) is 6.63. The third kappa shape index (κ3) is 32.4. The monoisotopic (exact) mass is 614 g/mol. The standard InChI is InChI=1S/2C7H8O7.C5H6O4.C2H4O3/c2*8-4(9)1-3(2-5(10)11)6(12)7(13)14;6-4(7)2-1-3-5(8)9;3-1-2(4)5/h2*1,6,12H,2H2,(H,8,9)(H,10,11)(H,13,14);1-2H,3H2,(H,6,7)(H,8,9);3H,1H2,(H,4,5)/b2*3-1+;2-1-;/t2*6-;;/m10../s1. The third-order valence-electron chi connectivity index (χ3n) is 3.19. The Morgan fingerprint density at radius 2 is 0.810 bits per heavy atom. The zero-order chi connectivity index (χ0) is 34.2. The topological polar surface area (TPSA) is 396 Å². The molecule has 0 spiro atoms. The van der Waals surface area contributed by atoms with Crippen LogP contribution >= 0.6 is 0 Å². The average molecular weight is 614 g/mol. The van der Waals surface area contributed by atoms with Crippen molar-refractivity contribution in [2.45, 2.75) is 31.5 Å². The first kappa shape index (κ1) is 43.4. The molecule has 0 aromatic heterocycles. The smallest absolute Gasteiger partial charge is 0.336 e. The maximum Gasteiger partial charge on any atom is 0.336 e. The van der Waals surface area contributed by atoms with Crippen molar-refractivity contribution < 1.29 is 104 Å². The van der Waals surface area contributed by atoms with Crippen LogP contribution in [0.5, 0.6) is 0 Å². The van der Waals surface area contributed by atoms with E-state index in [2.05, 4.69) is 0 Å². The number of aliphatic hydroxyl groups excluding tert-OH is 3. The molecule has 0 aliphatic heterocycles.